The molecule has 4 heterocycles. The monoisotopic (exact) mass is 1280 g/mol. The lowest BCUT2D eigenvalue weighted by molar-refractivity contribution is -0.146. The van der Waals surface area contributed by atoms with E-state index in [0.717, 1.165) is 5.56 Å². The minimum atomic E-state index is -1.07. The predicted molar refractivity (Wildman–Crippen MR) is 325 cm³/mol. The van der Waals surface area contributed by atoms with Gasteiger partial charge < -0.3 is 68.7 Å². The quantitative estimate of drug-likeness (QED) is 0.0342. The number of fused-ring (bicyclic) bond motifs is 3. The Kier molecular flexibility index (Phi) is 27.2. The Labute approximate surface area is 525 Å². The topological polar surface area (TPSA) is 312 Å². The third-order valence-electron chi connectivity index (χ3n) is 14.9. The second kappa shape index (κ2) is 34.8. The highest BCUT2D eigenvalue weighted by molar-refractivity contribution is 6.34. The number of halogens is 2. The number of ether oxygens (including phenoxy) is 8. The van der Waals surface area contributed by atoms with Crippen LogP contribution in [0.1, 0.15) is 49.2 Å². The summed E-state index contributed by atoms with van der Waals surface area (Å²) >= 11 is 13.0. The molecule has 89 heavy (non-hydrogen) atoms. The van der Waals surface area contributed by atoms with Gasteiger partial charge in [0, 0.05) is 117 Å². The molecule has 4 aromatic rings. The summed E-state index contributed by atoms with van der Waals surface area (Å²) in [5, 5.41) is 39.9. The molecule has 5 N–H and O–H groups in total. The average molecular weight is 1290 g/mol. The number of anilines is 1. The van der Waals surface area contributed by atoms with Crippen LogP contribution in [0.3, 0.4) is 0 Å². The van der Waals surface area contributed by atoms with Crippen molar-refractivity contribution >= 4 is 71.0 Å². The van der Waals surface area contributed by atoms with E-state index in [9.17, 15) is 48.9 Å². The van der Waals surface area contributed by atoms with Crippen molar-refractivity contribution in [3.05, 3.63) is 75.9 Å². The van der Waals surface area contributed by atoms with Crippen LogP contribution >= 0.6 is 23.2 Å². The van der Waals surface area contributed by atoms with E-state index >= 15 is 0 Å². The van der Waals surface area contributed by atoms with Gasteiger partial charge in [-0.1, -0.05) is 35.3 Å². The van der Waals surface area contributed by atoms with Crippen LogP contribution in [-0.2, 0) is 63.8 Å². The molecule has 2 fully saturated rings. The molecule has 3 aliphatic rings. The molecule has 3 aliphatic heterocycles. The molecular formula is C60H79Cl2N9O18. The van der Waals surface area contributed by atoms with Crippen LogP contribution in [0.15, 0.2) is 54.6 Å². The molecular weight excluding hydrogens is 1210 g/mol. The van der Waals surface area contributed by atoms with Crippen molar-refractivity contribution < 1.29 is 86.8 Å². The first-order valence-corrected chi connectivity index (χ1v) is 30.0. The molecule has 486 valence electrons. The number of hydrogen-bond acceptors (Lipinski definition) is 20. The zero-order valence-corrected chi connectivity index (χ0v) is 51.8. The number of aromatic nitrogens is 2. The summed E-state index contributed by atoms with van der Waals surface area (Å²) in [4.78, 5) is 95.3. The molecule has 1 atom stereocenters. The Morgan fingerprint density at radius 2 is 1.29 bits per heavy atom. The molecule has 7 rings (SSSR count). The average Bonchev–Trinajstić information content (AvgIpc) is 1.66. The SMILES string of the molecule is COc1cc2c(cc1-c1cccc(NC(=O)CCOCCOCCOCCOCCNC(=O)CCC(OC=O)N3CCN(CC(=O)O)CCN(CC(=O)O)CCN(CC(=O)O)CC3)c1)-c1c(c(C(=O)N3CCOCC3(C)C)nn1-c1cc(Cl)cc(Cl)c1)CO2. The van der Waals surface area contributed by atoms with Crippen molar-refractivity contribution in [1.82, 2.24) is 39.6 Å². The summed E-state index contributed by atoms with van der Waals surface area (Å²) in [6, 6.07) is 16.1. The van der Waals surface area contributed by atoms with Crippen molar-refractivity contribution in [1.29, 1.82) is 0 Å². The van der Waals surface area contributed by atoms with Crippen LogP contribution in [0, 0.1) is 0 Å². The van der Waals surface area contributed by atoms with Gasteiger partial charge in [-0.3, -0.25) is 53.2 Å². The molecule has 3 amide bonds. The molecule has 0 radical (unpaired) electrons. The number of carbonyl (C=O) groups excluding carboxylic acids is 4. The molecule has 1 unspecified atom stereocenters. The zero-order chi connectivity index (χ0) is 63.9. The van der Waals surface area contributed by atoms with Gasteiger partial charge in [0.25, 0.3) is 12.4 Å². The number of methoxy groups -OCH3 is 1. The highest BCUT2D eigenvalue weighted by Crippen LogP contribution is 2.47. The number of carboxylic acids is 3. The van der Waals surface area contributed by atoms with E-state index in [4.69, 9.17) is 66.2 Å². The largest absolute Gasteiger partial charge is 0.496 e. The molecule has 27 nitrogen and oxygen atoms in total. The van der Waals surface area contributed by atoms with Crippen LogP contribution in [0.2, 0.25) is 10.0 Å². The zero-order valence-electron chi connectivity index (χ0n) is 50.3. The second-order valence-electron chi connectivity index (χ2n) is 21.8. The maximum Gasteiger partial charge on any atom is 0.317 e. The Bertz CT molecular complexity index is 3010. The van der Waals surface area contributed by atoms with Crippen molar-refractivity contribution in [2.24, 2.45) is 0 Å². The molecule has 1 aromatic heterocycles. The second-order valence-corrected chi connectivity index (χ2v) is 22.7. The summed E-state index contributed by atoms with van der Waals surface area (Å²) < 4.78 is 47.4. The van der Waals surface area contributed by atoms with Gasteiger partial charge in [-0.25, -0.2) is 4.68 Å². The van der Waals surface area contributed by atoms with E-state index in [1.165, 1.54) is 0 Å². The first-order valence-electron chi connectivity index (χ1n) is 29.3. The summed E-state index contributed by atoms with van der Waals surface area (Å²) in [6.45, 7) is 8.52. The van der Waals surface area contributed by atoms with Gasteiger partial charge in [0.2, 0.25) is 11.8 Å². The van der Waals surface area contributed by atoms with Gasteiger partial charge >= 0.3 is 17.9 Å². The third-order valence-corrected chi connectivity index (χ3v) is 15.3. The molecule has 3 aromatic carbocycles. The van der Waals surface area contributed by atoms with Gasteiger partial charge in [0.05, 0.1) is 116 Å². The van der Waals surface area contributed by atoms with Crippen LogP contribution < -0.4 is 20.1 Å². The number of nitrogens with one attached hydrogen (secondary N) is 2. The molecule has 0 bridgehead atoms. The van der Waals surface area contributed by atoms with E-state index in [2.05, 4.69) is 10.6 Å². The maximum atomic E-state index is 14.4. The third kappa shape index (κ3) is 21.3. The van der Waals surface area contributed by atoms with Crippen LogP contribution in [-0.4, -0.2) is 262 Å². The highest BCUT2D eigenvalue weighted by atomic mass is 35.5. The Morgan fingerprint density at radius 1 is 0.708 bits per heavy atom. The van der Waals surface area contributed by atoms with Crippen molar-refractivity contribution in [2.75, 3.05) is 164 Å². The standard InChI is InChI=1S/C60H79Cl2N9O18/c1-60(2)39-87-22-19-70(60)59(81)57-48-38-88-50-34-49(82-3)46(33-47(50)58(48)71(65-57)45-31-42(61)30-43(62)32-45)41-5-4-6-44(29-41)64-52(74)9-20-83-23-25-85-27-28-86-26-24-84-21-10-63-51(73)7-8-53(89-40-72)69-17-15-67(36-55(77)78)13-11-66(35-54(75)76)12-14-68(16-18-69)37-56(79)80/h4-6,29-34,40,53H,7-28,35-39H2,1-3H3,(H,63,73)(H,64,74)(H,75,76)(H,77,78)(H,79,80). The van der Waals surface area contributed by atoms with E-state index in [1.54, 1.807) is 66.6 Å². The number of amides is 3. The molecule has 0 aliphatic carbocycles. The normalized spacial score (nSPS) is 16.3. The van der Waals surface area contributed by atoms with Gasteiger partial charge in [-0.2, -0.15) is 5.10 Å². The molecule has 2 saturated heterocycles. The Hall–Kier alpha value is -7.02. The fourth-order valence-electron chi connectivity index (χ4n) is 10.5. The fraction of sp³-hybridized carbons (Fsp3) is 0.533. The number of benzene rings is 3. The summed E-state index contributed by atoms with van der Waals surface area (Å²) in [5.74, 6) is -3.00. The van der Waals surface area contributed by atoms with E-state index < -0.39 is 29.7 Å². The van der Waals surface area contributed by atoms with Crippen molar-refractivity contribution in [3.8, 4) is 39.6 Å². The van der Waals surface area contributed by atoms with Crippen molar-refractivity contribution in [2.45, 2.75) is 51.5 Å². The van der Waals surface area contributed by atoms with Gasteiger partial charge in [-0.15, -0.1) is 0 Å². The van der Waals surface area contributed by atoms with Gasteiger partial charge in [-0.05, 0) is 55.8 Å². The molecule has 29 heteroatoms. The van der Waals surface area contributed by atoms with Gasteiger partial charge in [0.15, 0.2) is 11.9 Å². The van der Waals surface area contributed by atoms with Crippen LogP contribution in [0.5, 0.6) is 11.5 Å². The fourth-order valence-corrected chi connectivity index (χ4v) is 11.0. The molecule has 0 saturated carbocycles. The Balaban J connectivity index is 0.792. The minimum absolute atomic E-state index is 0.0207. The number of aliphatic carboxylic acids is 3. The lowest BCUT2D eigenvalue weighted by Gasteiger charge is -2.41. The summed E-state index contributed by atoms with van der Waals surface area (Å²) in [5.41, 5.74) is 4.07. The van der Waals surface area contributed by atoms with Crippen LogP contribution in [0.4, 0.5) is 5.69 Å². The van der Waals surface area contributed by atoms with Crippen molar-refractivity contribution in [3.63, 3.8) is 0 Å². The van der Waals surface area contributed by atoms with Gasteiger partial charge in [0.1, 0.15) is 18.1 Å². The predicted octanol–water partition coefficient (Wildman–Crippen LogP) is 3.93. The minimum Gasteiger partial charge on any atom is -0.496 e. The summed E-state index contributed by atoms with van der Waals surface area (Å²) in [6.07, 6.45) is -0.703. The number of nitrogens with zero attached hydrogens (tertiary/aromatic N) is 7. The number of carbonyl (C=O) groups is 7. The van der Waals surface area contributed by atoms with E-state index in [-0.39, 0.29) is 174 Å². The Morgan fingerprint density at radius 3 is 1.87 bits per heavy atom. The molecule has 0 spiro atoms. The van der Waals surface area contributed by atoms with E-state index in [1.807, 2.05) is 38.1 Å². The first kappa shape index (κ1) is 69.5. The lowest BCUT2D eigenvalue weighted by Crippen LogP contribution is -2.55. The maximum absolute atomic E-state index is 14.4. The summed E-state index contributed by atoms with van der Waals surface area (Å²) in [7, 11) is 1.56. The van der Waals surface area contributed by atoms with Crippen LogP contribution in [0.25, 0.3) is 28.1 Å². The highest BCUT2D eigenvalue weighted by Gasteiger charge is 2.40. The number of rotatable bonds is 32. The smallest absolute Gasteiger partial charge is 0.317 e. The number of carboxylic acid groups (broad SMARTS) is 3. The lowest BCUT2D eigenvalue weighted by atomic mass is 9.95. The number of hydrogen-bond donors (Lipinski definition) is 5. The van der Waals surface area contributed by atoms with E-state index in [0.29, 0.717) is 88.3 Å². The first-order chi connectivity index (χ1) is 42.8. The number of morpholine rings is 1.